The van der Waals surface area contributed by atoms with Crippen molar-refractivity contribution in [2.75, 3.05) is 38.0 Å². The monoisotopic (exact) mass is 499 g/mol. The van der Waals surface area contributed by atoms with Gasteiger partial charge in [0.25, 0.3) is 11.8 Å². The lowest BCUT2D eigenvalue weighted by Crippen LogP contribution is -2.48. The fraction of sp³-hybridized carbons (Fsp3) is 0.500. The Bertz CT molecular complexity index is 1110. The number of rotatable bonds is 7. The highest BCUT2D eigenvalue weighted by Crippen LogP contribution is 2.27. The zero-order valence-corrected chi connectivity index (χ0v) is 21.0. The fourth-order valence-electron chi connectivity index (χ4n) is 3.97. The lowest BCUT2D eigenvalue weighted by molar-refractivity contribution is 0.0617. The number of piperazine rings is 1. The second-order valence-electron chi connectivity index (χ2n) is 10.5. The number of amides is 4. The topological polar surface area (TPSA) is 107 Å². The van der Waals surface area contributed by atoms with Gasteiger partial charge in [0.1, 0.15) is 11.6 Å². The molecule has 194 valence electrons. The molecule has 1 aromatic heterocycles. The van der Waals surface area contributed by atoms with Gasteiger partial charge in [-0.2, -0.15) is 0 Å². The number of hydrogen-bond acceptors (Lipinski definition) is 5. The third-order valence-corrected chi connectivity index (χ3v) is 6.13. The smallest absolute Gasteiger partial charge is 0.319 e. The number of carbonyl (C=O) groups excluding carboxylic acids is 3. The van der Waals surface area contributed by atoms with Gasteiger partial charge in [-0.15, -0.1) is 0 Å². The van der Waals surface area contributed by atoms with Gasteiger partial charge in [-0.3, -0.25) is 14.5 Å². The van der Waals surface area contributed by atoms with Crippen LogP contribution in [0.4, 0.5) is 14.9 Å². The molecule has 1 saturated carbocycles. The van der Waals surface area contributed by atoms with Gasteiger partial charge in [-0.1, -0.05) is 0 Å². The molecule has 36 heavy (non-hydrogen) atoms. The van der Waals surface area contributed by atoms with Crippen LogP contribution in [0.3, 0.4) is 0 Å². The molecule has 4 amide bonds. The Balaban J connectivity index is 1.25. The van der Waals surface area contributed by atoms with Crippen LogP contribution in [0.15, 0.2) is 34.7 Å². The SMILES string of the molecule is CC(C)(C)NC(=O)c1ccc(CN2CCN(C(=O)c3ccc(NC(=O)NCC4CC4)c(F)c3)CC2)o1. The highest BCUT2D eigenvalue weighted by atomic mass is 19.1. The molecule has 10 heteroatoms. The lowest BCUT2D eigenvalue weighted by atomic mass is 10.1. The molecule has 2 aromatic rings. The fourth-order valence-corrected chi connectivity index (χ4v) is 3.97. The van der Waals surface area contributed by atoms with Crippen LogP contribution in [0.1, 0.15) is 60.3 Å². The Hall–Kier alpha value is -3.40. The van der Waals surface area contributed by atoms with Gasteiger partial charge in [-0.05, 0) is 69.9 Å². The molecule has 0 radical (unpaired) electrons. The van der Waals surface area contributed by atoms with Crippen molar-refractivity contribution in [2.24, 2.45) is 5.92 Å². The molecular weight excluding hydrogens is 465 g/mol. The molecule has 0 bridgehead atoms. The van der Waals surface area contributed by atoms with Crippen LogP contribution in [-0.2, 0) is 6.54 Å². The minimum absolute atomic E-state index is 0.0404. The first-order valence-electron chi connectivity index (χ1n) is 12.3. The van der Waals surface area contributed by atoms with E-state index in [1.807, 2.05) is 20.8 Å². The van der Waals surface area contributed by atoms with Gasteiger partial charge >= 0.3 is 6.03 Å². The number of hydrogen-bond donors (Lipinski definition) is 3. The zero-order chi connectivity index (χ0) is 25.9. The van der Waals surface area contributed by atoms with Crippen molar-refractivity contribution in [1.82, 2.24) is 20.4 Å². The van der Waals surface area contributed by atoms with Gasteiger partial charge in [0.05, 0.1) is 12.2 Å². The third-order valence-electron chi connectivity index (χ3n) is 6.13. The average Bonchev–Trinajstić information content (AvgIpc) is 3.54. The molecule has 1 aliphatic heterocycles. The molecule has 1 aromatic carbocycles. The summed E-state index contributed by atoms with van der Waals surface area (Å²) < 4.78 is 20.3. The minimum atomic E-state index is -0.648. The minimum Gasteiger partial charge on any atom is -0.455 e. The van der Waals surface area contributed by atoms with E-state index in [9.17, 15) is 18.8 Å². The summed E-state index contributed by atoms with van der Waals surface area (Å²) in [5.74, 6) is 0.325. The van der Waals surface area contributed by atoms with Gasteiger partial charge in [-0.25, -0.2) is 9.18 Å². The molecular formula is C26H34FN5O4. The highest BCUT2D eigenvalue weighted by Gasteiger charge is 2.25. The van der Waals surface area contributed by atoms with E-state index in [2.05, 4.69) is 20.9 Å². The van der Waals surface area contributed by atoms with Crippen molar-refractivity contribution in [3.8, 4) is 0 Å². The first-order chi connectivity index (χ1) is 17.1. The van der Waals surface area contributed by atoms with Gasteiger partial charge in [0, 0.05) is 43.8 Å². The summed E-state index contributed by atoms with van der Waals surface area (Å²) in [5, 5.41) is 8.09. The number of furan rings is 1. The average molecular weight is 500 g/mol. The number of nitrogens with one attached hydrogen (secondary N) is 3. The van der Waals surface area contributed by atoms with Crippen molar-refractivity contribution in [1.29, 1.82) is 0 Å². The Morgan fingerprint density at radius 2 is 1.78 bits per heavy atom. The first-order valence-corrected chi connectivity index (χ1v) is 12.3. The van der Waals surface area contributed by atoms with E-state index >= 15 is 0 Å². The normalized spacial score (nSPS) is 16.5. The summed E-state index contributed by atoms with van der Waals surface area (Å²) >= 11 is 0. The van der Waals surface area contributed by atoms with Crippen LogP contribution in [-0.4, -0.2) is 65.9 Å². The number of benzene rings is 1. The molecule has 4 rings (SSSR count). The zero-order valence-electron chi connectivity index (χ0n) is 21.0. The molecule has 0 atom stereocenters. The molecule has 3 N–H and O–H groups in total. The second-order valence-corrected chi connectivity index (χ2v) is 10.5. The molecule has 2 heterocycles. The number of halogens is 1. The molecule has 2 aliphatic rings. The van der Waals surface area contributed by atoms with E-state index in [1.54, 1.807) is 17.0 Å². The molecule has 2 fully saturated rings. The number of anilines is 1. The van der Waals surface area contributed by atoms with Crippen molar-refractivity contribution in [3.63, 3.8) is 0 Å². The summed E-state index contributed by atoms with van der Waals surface area (Å²) in [6.07, 6.45) is 2.22. The lowest BCUT2D eigenvalue weighted by Gasteiger charge is -2.34. The van der Waals surface area contributed by atoms with E-state index in [4.69, 9.17) is 4.42 Å². The second kappa shape index (κ2) is 10.7. The summed E-state index contributed by atoms with van der Waals surface area (Å²) in [6.45, 7) is 9.06. The van der Waals surface area contributed by atoms with Crippen molar-refractivity contribution < 1.29 is 23.2 Å². The van der Waals surface area contributed by atoms with Crippen molar-refractivity contribution in [2.45, 2.75) is 45.7 Å². The molecule has 0 unspecified atom stereocenters. The molecule has 0 spiro atoms. The van der Waals surface area contributed by atoms with E-state index in [-0.39, 0.29) is 34.4 Å². The van der Waals surface area contributed by atoms with Crippen LogP contribution in [0.5, 0.6) is 0 Å². The maximum Gasteiger partial charge on any atom is 0.319 e. The van der Waals surface area contributed by atoms with Crippen LogP contribution >= 0.6 is 0 Å². The standard InChI is InChI=1S/C26H34FN5O4/c1-26(2,3)30-23(33)22-9-7-19(36-22)16-31-10-12-32(13-11-31)24(34)18-6-8-21(20(27)14-18)29-25(35)28-15-17-4-5-17/h6-9,14,17H,4-5,10-13,15-16H2,1-3H3,(H,30,33)(H2,28,29,35). The predicted octanol–water partition coefficient (Wildman–Crippen LogP) is 3.44. The van der Waals surface area contributed by atoms with Crippen LogP contribution < -0.4 is 16.0 Å². The Labute approximate surface area is 210 Å². The van der Waals surface area contributed by atoms with E-state index in [0.29, 0.717) is 50.9 Å². The van der Waals surface area contributed by atoms with Gasteiger partial charge < -0.3 is 25.3 Å². The van der Waals surface area contributed by atoms with Crippen molar-refractivity contribution >= 4 is 23.5 Å². The summed E-state index contributed by atoms with van der Waals surface area (Å²) in [7, 11) is 0. The molecule has 1 saturated heterocycles. The van der Waals surface area contributed by atoms with Crippen LogP contribution in [0, 0.1) is 11.7 Å². The maximum atomic E-state index is 14.5. The number of urea groups is 1. The maximum absolute atomic E-state index is 14.5. The quantitative estimate of drug-likeness (QED) is 0.541. The van der Waals surface area contributed by atoms with Crippen LogP contribution in [0.25, 0.3) is 0 Å². The number of carbonyl (C=O) groups is 3. The Morgan fingerprint density at radius 3 is 2.42 bits per heavy atom. The summed E-state index contributed by atoms with van der Waals surface area (Å²) in [6, 6.07) is 7.12. The Morgan fingerprint density at radius 1 is 1.06 bits per heavy atom. The highest BCUT2D eigenvalue weighted by molar-refractivity contribution is 5.96. The summed E-state index contributed by atoms with van der Waals surface area (Å²) in [4.78, 5) is 40.9. The van der Waals surface area contributed by atoms with Gasteiger partial charge in [0.15, 0.2) is 5.76 Å². The van der Waals surface area contributed by atoms with Crippen molar-refractivity contribution in [3.05, 3.63) is 53.2 Å². The van der Waals surface area contributed by atoms with E-state index in [0.717, 1.165) is 18.9 Å². The van der Waals surface area contributed by atoms with E-state index in [1.165, 1.54) is 12.1 Å². The number of nitrogens with zero attached hydrogens (tertiary/aromatic N) is 2. The molecule has 9 nitrogen and oxygen atoms in total. The van der Waals surface area contributed by atoms with Gasteiger partial charge in [0.2, 0.25) is 0 Å². The largest absolute Gasteiger partial charge is 0.455 e. The van der Waals surface area contributed by atoms with Crippen LogP contribution in [0.2, 0.25) is 0 Å². The van der Waals surface area contributed by atoms with E-state index < -0.39 is 11.8 Å². The first kappa shape index (κ1) is 25.7. The summed E-state index contributed by atoms with van der Waals surface area (Å²) in [5.41, 5.74) is -0.0688. The predicted molar refractivity (Wildman–Crippen MR) is 133 cm³/mol. The molecule has 1 aliphatic carbocycles. The third kappa shape index (κ3) is 7.07. The Kier molecular flexibility index (Phi) is 7.63.